The van der Waals surface area contributed by atoms with Crippen LogP contribution in [0.1, 0.15) is 42.1 Å². The van der Waals surface area contributed by atoms with Crippen molar-refractivity contribution >= 4 is 17.8 Å². The first kappa shape index (κ1) is 17.0. The zero-order valence-electron chi connectivity index (χ0n) is 13.4. The van der Waals surface area contributed by atoms with E-state index in [0.717, 1.165) is 18.4 Å². The summed E-state index contributed by atoms with van der Waals surface area (Å²) in [6.45, 7) is 3.56. The summed E-state index contributed by atoms with van der Waals surface area (Å²) in [5.41, 5.74) is 1.45. The highest BCUT2D eigenvalue weighted by molar-refractivity contribution is 5.95. The fourth-order valence-electron chi connectivity index (χ4n) is 2.06. The van der Waals surface area contributed by atoms with Gasteiger partial charge < -0.3 is 15.4 Å². The number of rotatable bonds is 7. The molecule has 1 atom stereocenters. The summed E-state index contributed by atoms with van der Waals surface area (Å²) < 4.78 is 5.05. The van der Waals surface area contributed by atoms with Gasteiger partial charge >= 0.3 is 5.97 Å². The summed E-state index contributed by atoms with van der Waals surface area (Å²) in [4.78, 5) is 35.3. The Hall–Kier alpha value is -2.37. The zero-order valence-corrected chi connectivity index (χ0v) is 13.4. The van der Waals surface area contributed by atoms with Crippen LogP contribution in [-0.2, 0) is 14.3 Å². The molecule has 0 aliphatic heterocycles. The van der Waals surface area contributed by atoms with Gasteiger partial charge in [-0.3, -0.25) is 14.4 Å². The fraction of sp³-hybridized carbons (Fsp3) is 0.471. The normalized spacial score (nSPS) is 14.7. The van der Waals surface area contributed by atoms with Gasteiger partial charge in [0.05, 0.1) is 6.42 Å². The summed E-state index contributed by atoms with van der Waals surface area (Å²) in [6, 6.07) is 7.46. The third kappa shape index (κ3) is 5.39. The van der Waals surface area contributed by atoms with Gasteiger partial charge in [0.15, 0.2) is 6.10 Å². The molecule has 0 saturated heterocycles. The molecule has 2 rings (SSSR count). The molecule has 1 fully saturated rings. The predicted octanol–water partition coefficient (Wildman–Crippen LogP) is 1.33. The molecule has 0 heterocycles. The molecule has 124 valence electrons. The standard InChI is InChI=1S/C17H22N2O4/c1-11-5-3-4-6-14(11)17(22)18-10-9-15(20)23-12(2)16(21)19-13-7-8-13/h3-6,12-13H,7-10H2,1-2H3,(H,18,22)(H,19,21)/t12-/m1/s1. The molecule has 6 nitrogen and oxygen atoms in total. The highest BCUT2D eigenvalue weighted by Crippen LogP contribution is 2.18. The summed E-state index contributed by atoms with van der Waals surface area (Å²) in [5, 5.41) is 5.45. The van der Waals surface area contributed by atoms with Crippen molar-refractivity contribution in [2.45, 2.75) is 45.3 Å². The van der Waals surface area contributed by atoms with Crippen molar-refractivity contribution < 1.29 is 19.1 Å². The fourth-order valence-corrected chi connectivity index (χ4v) is 2.06. The van der Waals surface area contributed by atoms with Crippen molar-refractivity contribution in [2.24, 2.45) is 0 Å². The highest BCUT2D eigenvalue weighted by Gasteiger charge is 2.27. The molecule has 0 bridgehead atoms. The highest BCUT2D eigenvalue weighted by atomic mass is 16.5. The van der Waals surface area contributed by atoms with E-state index in [1.807, 2.05) is 19.1 Å². The van der Waals surface area contributed by atoms with E-state index in [1.54, 1.807) is 19.1 Å². The van der Waals surface area contributed by atoms with Gasteiger partial charge in [-0.2, -0.15) is 0 Å². The quantitative estimate of drug-likeness (QED) is 0.743. The van der Waals surface area contributed by atoms with E-state index in [0.29, 0.717) is 5.56 Å². The first-order chi connectivity index (χ1) is 11.0. The first-order valence-electron chi connectivity index (χ1n) is 7.81. The number of esters is 1. The number of amides is 2. The topological polar surface area (TPSA) is 84.5 Å². The molecule has 6 heteroatoms. The molecule has 1 aliphatic rings. The Morgan fingerprint density at radius 2 is 1.96 bits per heavy atom. The van der Waals surface area contributed by atoms with Crippen LogP contribution in [-0.4, -0.2) is 36.5 Å². The monoisotopic (exact) mass is 318 g/mol. The van der Waals surface area contributed by atoms with Gasteiger partial charge in [-0.05, 0) is 38.3 Å². The van der Waals surface area contributed by atoms with Crippen molar-refractivity contribution in [3.8, 4) is 0 Å². The lowest BCUT2D eigenvalue weighted by molar-refractivity contribution is -0.154. The average Bonchev–Trinajstić information content (AvgIpc) is 3.31. The molecule has 2 N–H and O–H groups in total. The Labute approximate surface area is 135 Å². The Balaban J connectivity index is 1.69. The van der Waals surface area contributed by atoms with Gasteiger partial charge in [-0.15, -0.1) is 0 Å². The van der Waals surface area contributed by atoms with E-state index in [-0.39, 0.29) is 30.8 Å². The van der Waals surface area contributed by atoms with Crippen molar-refractivity contribution in [2.75, 3.05) is 6.54 Å². The van der Waals surface area contributed by atoms with Crippen LogP contribution in [0.15, 0.2) is 24.3 Å². The molecule has 1 aromatic carbocycles. The second kappa shape index (κ2) is 7.76. The van der Waals surface area contributed by atoms with Crippen molar-refractivity contribution in [3.63, 3.8) is 0 Å². The van der Waals surface area contributed by atoms with E-state index in [1.165, 1.54) is 0 Å². The molecular formula is C17H22N2O4. The van der Waals surface area contributed by atoms with Crippen LogP contribution in [0.2, 0.25) is 0 Å². The molecule has 0 radical (unpaired) electrons. The van der Waals surface area contributed by atoms with Gasteiger partial charge in [0.25, 0.3) is 11.8 Å². The van der Waals surface area contributed by atoms with Crippen molar-refractivity contribution in [1.82, 2.24) is 10.6 Å². The number of ether oxygens (including phenoxy) is 1. The third-order valence-corrected chi connectivity index (χ3v) is 3.61. The van der Waals surface area contributed by atoms with E-state index in [4.69, 9.17) is 4.74 Å². The molecule has 1 aliphatic carbocycles. The maximum Gasteiger partial charge on any atom is 0.308 e. The molecule has 0 aromatic heterocycles. The molecule has 23 heavy (non-hydrogen) atoms. The average molecular weight is 318 g/mol. The van der Waals surface area contributed by atoms with Gasteiger partial charge in [-0.1, -0.05) is 18.2 Å². The van der Waals surface area contributed by atoms with Crippen LogP contribution in [0.3, 0.4) is 0 Å². The van der Waals surface area contributed by atoms with E-state index in [2.05, 4.69) is 10.6 Å². The molecule has 1 saturated carbocycles. The Morgan fingerprint density at radius 1 is 1.26 bits per heavy atom. The Kier molecular flexibility index (Phi) is 5.73. The van der Waals surface area contributed by atoms with Crippen LogP contribution in [0.25, 0.3) is 0 Å². The number of carbonyl (C=O) groups excluding carboxylic acids is 3. The number of nitrogens with one attached hydrogen (secondary N) is 2. The largest absolute Gasteiger partial charge is 0.452 e. The number of benzene rings is 1. The van der Waals surface area contributed by atoms with Crippen molar-refractivity contribution in [3.05, 3.63) is 35.4 Å². The minimum absolute atomic E-state index is 0.0265. The second-order valence-corrected chi connectivity index (χ2v) is 5.74. The van der Waals surface area contributed by atoms with Gasteiger partial charge in [0, 0.05) is 18.2 Å². The lowest BCUT2D eigenvalue weighted by Crippen LogP contribution is -2.37. The van der Waals surface area contributed by atoms with Crippen LogP contribution < -0.4 is 10.6 Å². The second-order valence-electron chi connectivity index (χ2n) is 5.74. The number of hydrogen-bond acceptors (Lipinski definition) is 4. The van der Waals surface area contributed by atoms with Crippen LogP contribution in [0, 0.1) is 6.92 Å². The Bertz CT molecular complexity index is 596. The first-order valence-corrected chi connectivity index (χ1v) is 7.81. The summed E-state index contributed by atoms with van der Waals surface area (Å²) >= 11 is 0. The predicted molar refractivity (Wildman–Crippen MR) is 84.8 cm³/mol. The Morgan fingerprint density at radius 3 is 2.61 bits per heavy atom. The van der Waals surface area contributed by atoms with Crippen molar-refractivity contribution in [1.29, 1.82) is 0 Å². The number of aryl methyl sites for hydroxylation is 1. The van der Waals surface area contributed by atoms with Crippen LogP contribution >= 0.6 is 0 Å². The number of carbonyl (C=O) groups is 3. The van der Waals surface area contributed by atoms with Crippen LogP contribution in [0.4, 0.5) is 0 Å². The SMILES string of the molecule is Cc1ccccc1C(=O)NCCC(=O)O[C@H](C)C(=O)NC1CC1. The molecule has 2 amide bonds. The van der Waals surface area contributed by atoms with Gasteiger partial charge in [-0.25, -0.2) is 0 Å². The maximum atomic E-state index is 12.0. The van der Waals surface area contributed by atoms with E-state index >= 15 is 0 Å². The minimum Gasteiger partial charge on any atom is -0.452 e. The maximum absolute atomic E-state index is 12.0. The number of hydrogen-bond donors (Lipinski definition) is 2. The minimum atomic E-state index is -0.810. The lowest BCUT2D eigenvalue weighted by Gasteiger charge is -2.13. The summed E-state index contributed by atoms with van der Waals surface area (Å²) in [5.74, 6) is -1.01. The molecule has 0 spiro atoms. The lowest BCUT2D eigenvalue weighted by atomic mass is 10.1. The molecule has 0 unspecified atom stereocenters. The molecular weight excluding hydrogens is 296 g/mol. The van der Waals surface area contributed by atoms with E-state index in [9.17, 15) is 14.4 Å². The zero-order chi connectivity index (χ0) is 16.8. The molecule has 1 aromatic rings. The third-order valence-electron chi connectivity index (χ3n) is 3.61. The van der Waals surface area contributed by atoms with Crippen LogP contribution in [0.5, 0.6) is 0 Å². The van der Waals surface area contributed by atoms with E-state index < -0.39 is 12.1 Å². The van der Waals surface area contributed by atoms with Gasteiger partial charge in [0.1, 0.15) is 0 Å². The smallest absolute Gasteiger partial charge is 0.308 e. The summed E-state index contributed by atoms with van der Waals surface area (Å²) in [7, 11) is 0. The summed E-state index contributed by atoms with van der Waals surface area (Å²) in [6.07, 6.45) is 1.18. The van der Waals surface area contributed by atoms with Gasteiger partial charge in [0.2, 0.25) is 0 Å².